The van der Waals surface area contributed by atoms with Gasteiger partial charge in [0.15, 0.2) is 11.2 Å². The van der Waals surface area contributed by atoms with Gasteiger partial charge in [-0.15, -0.1) is 0 Å². The molecule has 4 aromatic rings. The highest BCUT2D eigenvalue weighted by Crippen LogP contribution is 2.17. The highest BCUT2D eigenvalue weighted by atomic mass is 16.5. The first-order valence-electron chi connectivity index (χ1n) is 11.0. The number of benzene rings is 2. The first kappa shape index (κ1) is 23.7. The van der Waals surface area contributed by atoms with Crippen LogP contribution in [0.25, 0.3) is 17.2 Å². The van der Waals surface area contributed by atoms with Crippen LogP contribution >= 0.6 is 0 Å². The summed E-state index contributed by atoms with van der Waals surface area (Å²) in [5.74, 6) is 0.823. The molecule has 0 unspecified atom stereocenters. The van der Waals surface area contributed by atoms with Gasteiger partial charge in [0.1, 0.15) is 18.5 Å². The number of nitrogens with one attached hydrogen (secondary N) is 2. The molecule has 0 fully saturated rings. The van der Waals surface area contributed by atoms with E-state index in [4.69, 9.17) is 4.74 Å². The monoisotopic (exact) mass is 474 g/mol. The third-order valence-electron chi connectivity index (χ3n) is 5.23. The molecule has 0 aliphatic rings. The largest absolute Gasteiger partial charge is 0.491 e. The van der Waals surface area contributed by atoms with E-state index in [9.17, 15) is 14.7 Å². The molecule has 2 aromatic heterocycles. The van der Waals surface area contributed by atoms with Gasteiger partial charge in [-0.25, -0.2) is 10.2 Å². The average Bonchev–Trinajstić information content (AvgIpc) is 3.23. The van der Waals surface area contributed by atoms with E-state index < -0.39 is 17.4 Å². The lowest BCUT2D eigenvalue weighted by Crippen LogP contribution is -2.30. The molecule has 0 amide bonds. The summed E-state index contributed by atoms with van der Waals surface area (Å²) in [4.78, 5) is 31.4. The number of nitrogens with zero attached hydrogens (tertiary/aromatic N) is 4. The summed E-state index contributed by atoms with van der Waals surface area (Å²) in [6.07, 6.45) is 2.79. The van der Waals surface area contributed by atoms with Crippen LogP contribution in [0.1, 0.15) is 12.5 Å². The number of fused-ring (bicyclic) bond motifs is 1. The van der Waals surface area contributed by atoms with Crippen molar-refractivity contribution in [2.24, 2.45) is 12.1 Å². The molecule has 0 bridgehead atoms. The van der Waals surface area contributed by atoms with Gasteiger partial charge < -0.3 is 14.4 Å². The molecule has 10 nitrogen and oxygen atoms in total. The van der Waals surface area contributed by atoms with Gasteiger partial charge in [0, 0.05) is 7.05 Å². The van der Waals surface area contributed by atoms with Crippen molar-refractivity contribution in [3.05, 3.63) is 93.1 Å². The van der Waals surface area contributed by atoms with Crippen LogP contribution in [-0.2, 0) is 13.6 Å². The van der Waals surface area contributed by atoms with Gasteiger partial charge in [-0.1, -0.05) is 54.6 Å². The molecule has 35 heavy (non-hydrogen) atoms. The maximum absolute atomic E-state index is 12.6. The zero-order valence-electron chi connectivity index (χ0n) is 19.4. The van der Waals surface area contributed by atoms with Crippen molar-refractivity contribution in [1.29, 1.82) is 0 Å². The van der Waals surface area contributed by atoms with Crippen LogP contribution in [0.4, 0.5) is 5.95 Å². The van der Waals surface area contributed by atoms with Crippen molar-refractivity contribution in [3.63, 3.8) is 0 Å². The van der Waals surface area contributed by atoms with E-state index in [2.05, 4.69) is 20.5 Å². The molecule has 2 heterocycles. The van der Waals surface area contributed by atoms with Gasteiger partial charge in [0.25, 0.3) is 5.56 Å². The number of para-hydroxylation sites is 1. The van der Waals surface area contributed by atoms with E-state index in [0.29, 0.717) is 11.5 Å². The molecule has 3 N–H and O–H groups in total. The smallest absolute Gasteiger partial charge is 0.329 e. The van der Waals surface area contributed by atoms with Crippen molar-refractivity contribution in [3.8, 4) is 5.75 Å². The Hall–Kier alpha value is -4.44. The number of aromatic amines is 1. The molecule has 10 heteroatoms. The van der Waals surface area contributed by atoms with Crippen molar-refractivity contribution < 1.29 is 9.84 Å². The number of anilines is 1. The van der Waals surface area contributed by atoms with E-state index in [1.807, 2.05) is 67.6 Å². The zero-order valence-corrected chi connectivity index (χ0v) is 19.4. The first-order chi connectivity index (χ1) is 16.9. The van der Waals surface area contributed by atoms with E-state index in [0.717, 1.165) is 5.56 Å². The number of hydrazone groups is 1. The maximum atomic E-state index is 12.6. The molecule has 180 valence electrons. The zero-order chi connectivity index (χ0) is 24.8. The Bertz CT molecular complexity index is 1470. The second-order valence-electron chi connectivity index (χ2n) is 7.92. The Morgan fingerprint density at radius 3 is 2.57 bits per heavy atom. The van der Waals surface area contributed by atoms with Crippen LogP contribution < -0.4 is 21.4 Å². The van der Waals surface area contributed by atoms with Gasteiger partial charge in [-0.2, -0.15) is 10.1 Å². The number of H-pyrrole nitrogens is 1. The summed E-state index contributed by atoms with van der Waals surface area (Å²) in [7, 11) is 1.51. The number of imidazole rings is 1. The van der Waals surface area contributed by atoms with Gasteiger partial charge >= 0.3 is 5.69 Å². The van der Waals surface area contributed by atoms with Crippen LogP contribution in [0.3, 0.4) is 0 Å². The predicted octanol–water partition coefficient (Wildman–Crippen LogP) is 2.36. The number of aryl methyl sites for hydroxylation is 1. The predicted molar refractivity (Wildman–Crippen MR) is 136 cm³/mol. The Balaban J connectivity index is 1.60. The molecular formula is C25H26N6O4. The molecule has 0 saturated heterocycles. The van der Waals surface area contributed by atoms with Gasteiger partial charge in [-0.3, -0.25) is 14.3 Å². The van der Waals surface area contributed by atoms with Crippen LogP contribution in [-0.4, -0.2) is 42.6 Å². The van der Waals surface area contributed by atoms with E-state index >= 15 is 0 Å². The number of aliphatic hydroxyl groups excluding tert-OH is 1. The second-order valence-corrected chi connectivity index (χ2v) is 7.92. The molecule has 0 aliphatic heterocycles. The van der Waals surface area contributed by atoms with E-state index in [1.165, 1.54) is 16.2 Å². The summed E-state index contributed by atoms with van der Waals surface area (Å²) in [5, 5.41) is 15.0. The minimum atomic E-state index is -0.965. The SMILES string of the molecule is CC(/C=C\c1ccccc1)=NNc1nc2c(c(=O)[nH]c(=O)n2C)n1C[C@@H](O)COc1ccccc1. The minimum absolute atomic E-state index is 0.00505. The van der Waals surface area contributed by atoms with Crippen molar-refractivity contribution in [2.45, 2.75) is 19.6 Å². The Labute approximate surface area is 200 Å². The minimum Gasteiger partial charge on any atom is -0.491 e. The summed E-state index contributed by atoms with van der Waals surface area (Å²) in [6.45, 7) is 1.79. The molecule has 0 saturated carbocycles. The van der Waals surface area contributed by atoms with Crippen LogP contribution in [0.15, 0.2) is 81.4 Å². The highest BCUT2D eigenvalue weighted by Gasteiger charge is 2.20. The number of allylic oxidation sites excluding steroid dienone is 1. The normalized spacial score (nSPS) is 12.8. The van der Waals surface area contributed by atoms with Crippen LogP contribution in [0.5, 0.6) is 5.75 Å². The quantitative estimate of drug-likeness (QED) is 0.253. The number of ether oxygens (including phenoxy) is 1. The third kappa shape index (κ3) is 5.74. The Kier molecular flexibility index (Phi) is 7.22. The molecule has 4 rings (SSSR count). The van der Waals surface area contributed by atoms with E-state index in [-0.39, 0.29) is 30.3 Å². The molecule has 0 aliphatic carbocycles. The van der Waals surface area contributed by atoms with Gasteiger partial charge in [-0.05, 0) is 30.7 Å². The molecule has 0 spiro atoms. The van der Waals surface area contributed by atoms with Gasteiger partial charge in [0.05, 0.1) is 12.3 Å². The topological polar surface area (TPSA) is 127 Å². The lowest BCUT2D eigenvalue weighted by atomic mass is 10.2. The second kappa shape index (κ2) is 10.7. The average molecular weight is 475 g/mol. The lowest BCUT2D eigenvalue weighted by Gasteiger charge is -2.15. The maximum Gasteiger partial charge on any atom is 0.329 e. The third-order valence-corrected chi connectivity index (χ3v) is 5.23. The summed E-state index contributed by atoms with van der Waals surface area (Å²) >= 11 is 0. The standard InChI is InChI=1S/C25H26N6O4/c1-17(13-14-18-9-5-3-6-10-18)28-29-24-26-22-21(23(33)27-25(34)30(22)2)31(24)15-19(32)16-35-20-11-7-4-8-12-20/h3-14,19,32H,15-16H2,1-2H3,(H,26,29)(H,27,33,34)/b14-13-,28-17?/t19-/m1/s1. The fourth-order valence-electron chi connectivity index (χ4n) is 3.43. The molecule has 1 atom stereocenters. The summed E-state index contributed by atoms with van der Waals surface area (Å²) in [6, 6.07) is 18.9. The van der Waals surface area contributed by atoms with Gasteiger partial charge in [0.2, 0.25) is 5.95 Å². The number of rotatable bonds is 9. The van der Waals surface area contributed by atoms with Crippen molar-refractivity contribution in [2.75, 3.05) is 12.0 Å². The van der Waals surface area contributed by atoms with Crippen molar-refractivity contribution >= 4 is 28.9 Å². The number of aliphatic hydroxyl groups is 1. The highest BCUT2D eigenvalue weighted by molar-refractivity contribution is 5.96. The summed E-state index contributed by atoms with van der Waals surface area (Å²) in [5.41, 5.74) is 3.66. The van der Waals surface area contributed by atoms with Crippen LogP contribution in [0.2, 0.25) is 0 Å². The summed E-state index contributed by atoms with van der Waals surface area (Å²) < 4.78 is 8.36. The van der Waals surface area contributed by atoms with Crippen molar-refractivity contribution in [1.82, 2.24) is 19.1 Å². The molecule has 0 radical (unpaired) electrons. The number of aromatic nitrogens is 4. The lowest BCUT2D eigenvalue weighted by molar-refractivity contribution is 0.0938. The molecular weight excluding hydrogens is 448 g/mol. The van der Waals surface area contributed by atoms with Crippen LogP contribution in [0, 0.1) is 0 Å². The van der Waals surface area contributed by atoms with E-state index in [1.54, 1.807) is 12.1 Å². The Morgan fingerprint density at radius 2 is 1.86 bits per heavy atom. The Morgan fingerprint density at radius 1 is 1.17 bits per heavy atom. The molecule has 2 aromatic carbocycles. The fourth-order valence-corrected chi connectivity index (χ4v) is 3.43. The first-order valence-corrected chi connectivity index (χ1v) is 11.0. The fraction of sp³-hybridized carbons (Fsp3) is 0.200. The number of hydrogen-bond acceptors (Lipinski definition) is 7. The number of hydrogen-bond donors (Lipinski definition) is 3.